The first-order valence-electron chi connectivity index (χ1n) is 8.23. The maximum absolute atomic E-state index is 12.5. The van der Waals surface area contributed by atoms with Gasteiger partial charge in [0.1, 0.15) is 0 Å². The summed E-state index contributed by atoms with van der Waals surface area (Å²) in [6, 6.07) is 10.3. The van der Waals surface area contributed by atoms with Crippen LogP contribution in [0.1, 0.15) is 38.7 Å². The zero-order chi connectivity index (χ0) is 16.0. The Morgan fingerprint density at radius 2 is 1.91 bits per heavy atom. The van der Waals surface area contributed by atoms with Gasteiger partial charge in [-0.3, -0.25) is 0 Å². The van der Waals surface area contributed by atoms with Crippen LogP contribution in [0.15, 0.2) is 30.3 Å². The van der Waals surface area contributed by atoms with Crippen molar-refractivity contribution >= 4 is 10.0 Å². The van der Waals surface area contributed by atoms with E-state index in [1.807, 2.05) is 25.1 Å². The molecule has 5 heteroatoms. The highest BCUT2D eigenvalue weighted by molar-refractivity contribution is 7.89. The average molecular weight is 324 g/mol. The van der Waals surface area contributed by atoms with E-state index in [1.165, 1.54) is 5.56 Å². The first kappa shape index (κ1) is 17.4. The average Bonchev–Trinajstić information content (AvgIpc) is 2.50. The van der Waals surface area contributed by atoms with E-state index < -0.39 is 10.0 Å². The van der Waals surface area contributed by atoms with Crippen LogP contribution in [0.4, 0.5) is 0 Å². The molecule has 0 bridgehead atoms. The number of rotatable bonds is 7. The maximum atomic E-state index is 12.5. The molecule has 1 aromatic rings. The fourth-order valence-corrected chi connectivity index (χ4v) is 4.84. The highest BCUT2D eigenvalue weighted by Crippen LogP contribution is 2.24. The minimum atomic E-state index is -3.12. The molecule has 0 saturated carbocycles. The van der Waals surface area contributed by atoms with Crippen LogP contribution in [0.5, 0.6) is 0 Å². The van der Waals surface area contributed by atoms with Gasteiger partial charge in [0.2, 0.25) is 10.0 Å². The van der Waals surface area contributed by atoms with Crippen molar-refractivity contribution < 1.29 is 8.42 Å². The molecule has 1 heterocycles. The molecule has 0 unspecified atom stereocenters. The van der Waals surface area contributed by atoms with E-state index in [4.69, 9.17) is 0 Å². The molecule has 1 fully saturated rings. The number of piperidine rings is 1. The van der Waals surface area contributed by atoms with Gasteiger partial charge in [-0.2, -0.15) is 4.31 Å². The van der Waals surface area contributed by atoms with Crippen molar-refractivity contribution in [1.29, 1.82) is 0 Å². The number of benzene rings is 1. The van der Waals surface area contributed by atoms with Gasteiger partial charge in [-0.25, -0.2) is 8.42 Å². The van der Waals surface area contributed by atoms with Gasteiger partial charge in [0.25, 0.3) is 0 Å². The SMILES string of the molecule is C[C@@H]1CC[C@H](C)N(S(=O)(=O)CCCNCc2ccccc2)C1. The quantitative estimate of drug-likeness (QED) is 0.784. The predicted octanol–water partition coefficient (Wildman–Crippen LogP) is 2.62. The summed E-state index contributed by atoms with van der Waals surface area (Å²) >= 11 is 0. The molecule has 0 spiro atoms. The van der Waals surface area contributed by atoms with Crippen LogP contribution in [0.2, 0.25) is 0 Å². The molecule has 1 aliphatic heterocycles. The number of nitrogens with zero attached hydrogens (tertiary/aromatic N) is 1. The summed E-state index contributed by atoms with van der Waals surface area (Å²) in [6.07, 6.45) is 2.77. The first-order valence-corrected chi connectivity index (χ1v) is 9.84. The summed E-state index contributed by atoms with van der Waals surface area (Å²) in [7, 11) is -3.12. The lowest BCUT2D eigenvalue weighted by Crippen LogP contribution is -2.46. The van der Waals surface area contributed by atoms with Gasteiger partial charge >= 0.3 is 0 Å². The molecule has 22 heavy (non-hydrogen) atoms. The summed E-state index contributed by atoms with van der Waals surface area (Å²) in [5, 5.41) is 3.31. The second-order valence-corrected chi connectivity index (χ2v) is 8.47. The Bertz CT molecular complexity index is 545. The van der Waals surface area contributed by atoms with E-state index in [0.29, 0.717) is 18.9 Å². The molecule has 2 atom stereocenters. The molecule has 1 aromatic carbocycles. The lowest BCUT2D eigenvalue weighted by atomic mass is 9.97. The molecule has 0 aromatic heterocycles. The number of hydrogen-bond acceptors (Lipinski definition) is 3. The zero-order valence-corrected chi connectivity index (χ0v) is 14.5. The van der Waals surface area contributed by atoms with Gasteiger partial charge in [0.05, 0.1) is 5.75 Å². The van der Waals surface area contributed by atoms with Gasteiger partial charge in [0, 0.05) is 19.1 Å². The molecule has 0 aliphatic carbocycles. The molecule has 1 aliphatic rings. The standard InChI is InChI=1S/C17H28N2O2S/c1-15-9-10-16(2)19(14-15)22(20,21)12-6-11-18-13-17-7-4-3-5-8-17/h3-5,7-8,15-16,18H,6,9-14H2,1-2H3/t15-,16+/m1/s1. The van der Waals surface area contributed by atoms with E-state index in [0.717, 1.165) is 25.9 Å². The Morgan fingerprint density at radius 1 is 1.18 bits per heavy atom. The largest absolute Gasteiger partial charge is 0.313 e. The number of sulfonamides is 1. The van der Waals surface area contributed by atoms with Crippen molar-refractivity contribution in [3.63, 3.8) is 0 Å². The van der Waals surface area contributed by atoms with E-state index >= 15 is 0 Å². The van der Waals surface area contributed by atoms with Gasteiger partial charge in [-0.1, -0.05) is 37.3 Å². The predicted molar refractivity (Wildman–Crippen MR) is 91.1 cm³/mol. The molecule has 1 N–H and O–H groups in total. The van der Waals surface area contributed by atoms with Crippen molar-refractivity contribution in [2.75, 3.05) is 18.8 Å². The lowest BCUT2D eigenvalue weighted by Gasteiger charge is -2.35. The van der Waals surface area contributed by atoms with Gasteiger partial charge in [-0.15, -0.1) is 0 Å². The number of hydrogen-bond donors (Lipinski definition) is 1. The molecular formula is C17H28N2O2S. The maximum Gasteiger partial charge on any atom is 0.214 e. The molecule has 0 radical (unpaired) electrons. The Morgan fingerprint density at radius 3 is 2.64 bits per heavy atom. The van der Waals surface area contributed by atoms with Crippen LogP contribution in [-0.4, -0.2) is 37.6 Å². The van der Waals surface area contributed by atoms with E-state index in [-0.39, 0.29) is 11.8 Å². The molecule has 4 nitrogen and oxygen atoms in total. The minimum absolute atomic E-state index is 0.151. The monoisotopic (exact) mass is 324 g/mol. The third-order valence-corrected chi connectivity index (χ3v) is 6.37. The van der Waals surface area contributed by atoms with Gasteiger partial charge in [0.15, 0.2) is 0 Å². The zero-order valence-electron chi connectivity index (χ0n) is 13.7. The smallest absolute Gasteiger partial charge is 0.214 e. The van der Waals surface area contributed by atoms with Crippen LogP contribution in [0.25, 0.3) is 0 Å². The van der Waals surface area contributed by atoms with E-state index in [2.05, 4.69) is 24.4 Å². The molecule has 0 amide bonds. The summed E-state index contributed by atoms with van der Waals surface area (Å²) in [5.41, 5.74) is 1.23. The highest BCUT2D eigenvalue weighted by atomic mass is 32.2. The molecule has 2 rings (SSSR count). The molecule has 124 valence electrons. The van der Waals surface area contributed by atoms with Crippen LogP contribution >= 0.6 is 0 Å². The van der Waals surface area contributed by atoms with Crippen LogP contribution < -0.4 is 5.32 Å². The van der Waals surface area contributed by atoms with Crippen molar-refractivity contribution in [3.05, 3.63) is 35.9 Å². The van der Waals surface area contributed by atoms with E-state index in [1.54, 1.807) is 4.31 Å². The van der Waals surface area contributed by atoms with Crippen molar-refractivity contribution in [2.45, 2.75) is 45.7 Å². The Kier molecular flexibility index (Phi) is 6.41. The lowest BCUT2D eigenvalue weighted by molar-refractivity contribution is 0.218. The fourth-order valence-electron chi connectivity index (χ4n) is 2.96. The summed E-state index contributed by atoms with van der Waals surface area (Å²) < 4.78 is 26.7. The highest BCUT2D eigenvalue weighted by Gasteiger charge is 2.31. The third kappa shape index (κ3) is 5.07. The number of nitrogens with one attached hydrogen (secondary N) is 1. The van der Waals surface area contributed by atoms with Gasteiger partial charge < -0.3 is 5.32 Å². The Hall–Kier alpha value is -0.910. The van der Waals surface area contributed by atoms with Gasteiger partial charge in [-0.05, 0) is 44.2 Å². The van der Waals surface area contributed by atoms with Crippen LogP contribution in [-0.2, 0) is 16.6 Å². The van der Waals surface area contributed by atoms with E-state index in [9.17, 15) is 8.42 Å². The summed E-state index contributed by atoms with van der Waals surface area (Å²) in [6.45, 7) is 6.36. The normalized spacial score (nSPS) is 23.5. The fraction of sp³-hybridized carbons (Fsp3) is 0.647. The molecule has 1 saturated heterocycles. The minimum Gasteiger partial charge on any atom is -0.313 e. The Labute approximate surface area is 135 Å². The first-order chi connectivity index (χ1) is 10.5. The Balaban J connectivity index is 1.73. The second kappa shape index (κ2) is 8.09. The summed E-state index contributed by atoms with van der Waals surface area (Å²) in [4.78, 5) is 0. The third-order valence-electron chi connectivity index (χ3n) is 4.35. The van der Waals surface area contributed by atoms with Crippen molar-refractivity contribution in [2.24, 2.45) is 5.92 Å². The summed E-state index contributed by atoms with van der Waals surface area (Å²) in [5.74, 6) is 0.716. The van der Waals surface area contributed by atoms with Crippen molar-refractivity contribution in [1.82, 2.24) is 9.62 Å². The topological polar surface area (TPSA) is 49.4 Å². The second-order valence-electron chi connectivity index (χ2n) is 6.43. The molecular weight excluding hydrogens is 296 g/mol. The van der Waals surface area contributed by atoms with Crippen LogP contribution in [0.3, 0.4) is 0 Å². The van der Waals surface area contributed by atoms with Crippen LogP contribution in [0, 0.1) is 5.92 Å². The van der Waals surface area contributed by atoms with Crippen molar-refractivity contribution in [3.8, 4) is 0 Å².